The van der Waals surface area contributed by atoms with Gasteiger partial charge >= 0.3 is 0 Å². The monoisotopic (exact) mass is 654 g/mol. The molecule has 3 aromatic heterocycles. The van der Waals surface area contributed by atoms with Gasteiger partial charge < -0.3 is 5.73 Å². The molecule has 0 radical (unpaired) electrons. The van der Waals surface area contributed by atoms with Crippen molar-refractivity contribution in [2.24, 2.45) is 5.73 Å². The third-order valence-corrected chi connectivity index (χ3v) is 8.41. The largest absolute Gasteiger partial charge is 0.405 e. The normalized spacial score (nSPS) is 11.5. The van der Waals surface area contributed by atoms with E-state index in [0.717, 1.165) is 44.1 Å². The first-order valence-corrected chi connectivity index (χ1v) is 15.4. The zero-order valence-corrected chi connectivity index (χ0v) is 24.9. The Kier molecular flexibility index (Phi) is 7.01. The van der Waals surface area contributed by atoms with Crippen molar-refractivity contribution in [3.8, 4) is 39.6 Å². The number of pyridine rings is 2. The van der Waals surface area contributed by atoms with Gasteiger partial charge in [0, 0.05) is 15.4 Å². The van der Waals surface area contributed by atoms with Crippen LogP contribution in [-0.2, 0) is 4.43 Å². The van der Waals surface area contributed by atoms with Crippen molar-refractivity contribution in [3.05, 3.63) is 145 Å². The molecule has 7 aromatic rings. The van der Waals surface area contributed by atoms with Crippen molar-refractivity contribution in [1.29, 1.82) is 0 Å². The molecule has 4 aromatic carbocycles. The average Bonchev–Trinajstić information content (AvgIpc) is 3.38. The second-order valence-electron chi connectivity index (χ2n) is 10.1. The zero-order chi connectivity index (χ0) is 28.5. The predicted molar refractivity (Wildman–Crippen MR) is 184 cm³/mol. The number of para-hydroxylation sites is 1. The first kappa shape index (κ1) is 26.2. The van der Waals surface area contributed by atoms with Crippen LogP contribution in [0.4, 0.5) is 0 Å². The number of hydrogen-bond acceptors (Lipinski definition) is 3. The molecule has 3 heterocycles. The number of nitrogens with two attached hydrogens (primary N) is 1. The van der Waals surface area contributed by atoms with Gasteiger partial charge in [-0.2, -0.15) is 0 Å². The summed E-state index contributed by atoms with van der Waals surface area (Å²) < 4.78 is 3.06. The molecule has 0 aliphatic rings. The molecular weight excluding hydrogens is 627 g/mol. The molecule has 0 amide bonds. The molecule has 0 bridgehead atoms. The fraction of sp³-hybridized carbons (Fsp3) is 0.0270. The Morgan fingerprint density at radius 1 is 0.619 bits per heavy atom. The third kappa shape index (κ3) is 4.76. The Morgan fingerprint density at radius 2 is 1.29 bits per heavy atom. The van der Waals surface area contributed by atoms with Gasteiger partial charge in [-0.3, -0.25) is 4.57 Å². The van der Waals surface area contributed by atoms with E-state index in [4.69, 9.17) is 15.7 Å². The first-order valence-electron chi connectivity index (χ1n) is 13.8. The Balaban J connectivity index is 1.24. The number of hydrogen-bond donors (Lipinski definition) is 1. The maximum absolute atomic E-state index is 5.88. The Hall–Kier alpha value is -4.75. The number of nitrogens with zero attached hydrogens (tertiary/aromatic N) is 3. The van der Waals surface area contributed by atoms with Crippen molar-refractivity contribution < 1.29 is 0 Å². The van der Waals surface area contributed by atoms with E-state index >= 15 is 0 Å². The molecule has 0 saturated carbocycles. The summed E-state index contributed by atoms with van der Waals surface area (Å²) in [5.74, 6) is 0.833. The molecule has 0 saturated heterocycles. The lowest BCUT2D eigenvalue weighted by molar-refractivity contribution is 1.02. The highest BCUT2D eigenvalue weighted by atomic mass is 127. The minimum Gasteiger partial charge on any atom is -0.405 e. The third-order valence-electron chi connectivity index (χ3n) is 7.65. The fourth-order valence-electron chi connectivity index (χ4n) is 5.61. The summed E-state index contributed by atoms with van der Waals surface area (Å²) in [5, 5.41) is 3.70. The molecule has 4 nitrogen and oxygen atoms in total. The molecule has 42 heavy (non-hydrogen) atoms. The molecular formula is C37H27IN4. The van der Waals surface area contributed by atoms with Crippen LogP contribution in [0.3, 0.4) is 0 Å². The van der Waals surface area contributed by atoms with Crippen molar-refractivity contribution >= 4 is 50.3 Å². The van der Waals surface area contributed by atoms with Crippen LogP contribution in [0.1, 0.15) is 11.3 Å². The molecule has 0 unspecified atom stereocenters. The van der Waals surface area contributed by atoms with Crippen LogP contribution in [0.2, 0.25) is 0 Å². The summed E-state index contributed by atoms with van der Waals surface area (Å²) in [4.78, 5) is 10.1. The van der Waals surface area contributed by atoms with E-state index in [9.17, 15) is 0 Å². The number of alkyl halides is 1. The first-order chi connectivity index (χ1) is 20.7. The summed E-state index contributed by atoms with van der Waals surface area (Å²) >= 11 is 2.41. The lowest BCUT2D eigenvalue weighted by Crippen LogP contribution is -2.02. The molecule has 5 heteroatoms. The molecule has 0 spiro atoms. The van der Waals surface area contributed by atoms with Crippen molar-refractivity contribution in [2.75, 3.05) is 0 Å². The smallest absolute Gasteiger partial charge is 0.138 e. The molecule has 0 fully saturated rings. The van der Waals surface area contributed by atoms with Crippen LogP contribution in [0.15, 0.2) is 134 Å². The summed E-state index contributed by atoms with van der Waals surface area (Å²) in [5.41, 5.74) is 15.3. The van der Waals surface area contributed by atoms with Crippen LogP contribution >= 0.6 is 22.6 Å². The van der Waals surface area contributed by atoms with E-state index in [1.54, 1.807) is 6.20 Å². The second-order valence-corrected chi connectivity index (χ2v) is 10.9. The van der Waals surface area contributed by atoms with Gasteiger partial charge in [-0.15, -0.1) is 0 Å². The number of aromatic nitrogens is 3. The molecule has 202 valence electrons. The van der Waals surface area contributed by atoms with E-state index in [2.05, 4.69) is 124 Å². The maximum Gasteiger partial charge on any atom is 0.138 e. The quantitative estimate of drug-likeness (QED) is 0.144. The average molecular weight is 655 g/mol. The summed E-state index contributed by atoms with van der Waals surface area (Å²) in [6.07, 6.45) is 3.56. The predicted octanol–water partition coefficient (Wildman–Crippen LogP) is 9.44. The van der Waals surface area contributed by atoms with Crippen LogP contribution < -0.4 is 5.73 Å². The summed E-state index contributed by atoms with van der Waals surface area (Å²) in [6, 6.07) is 44.3. The van der Waals surface area contributed by atoms with Crippen LogP contribution in [-0.4, -0.2) is 14.5 Å². The topological polar surface area (TPSA) is 56.7 Å². The van der Waals surface area contributed by atoms with Gasteiger partial charge in [0.25, 0.3) is 0 Å². The van der Waals surface area contributed by atoms with Crippen LogP contribution in [0, 0.1) is 0 Å². The second kappa shape index (κ2) is 11.3. The number of benzene rings is 4. The highest BCUT2D eigenvalue weighted by Crippen LogP contribution is 2.33. The van der Waals surface area contributed by atoms with Crippen LogP contribution in [0.25, 0.3) is 67.3 Å². The zero-order valence-electron chi connectivity index (χ0n) is 22.8. The highest BCUT2D eigenvalue weighted by Gasteiger charge is 2.17. The summed E-state index contributed by atoms with van der Waals surface area (Å²) in [7, 11) is 0. The SMILES string of the molecule is N/C=C\c1c(CI)c2ccccc2n1-c1cccc(-c2cccc(-c3ccc(-c4ccc5ccccc5c4)cc3)n2)n1. The number of fused-ring (bicyclic) bond motifs is 2. The lowest BCUT2D eigenvalue weighted by atomic mass is 9.99. The highest BCUT2D eigenvalue weighted by molar-refractivity contribution is 14.1. The van der Waals surface area contributed by atoms with Gasteiger partial charge in [-0.05, 0) is 76.1 Å². The molecule has 0 atom stereocenters. The molecule has 0 aliphatic heterocycles. The number of halogens is 1. The Bertz CT molecular complexity index is 2090. The van der Waals surface area contributed by atoms with E-state index in [-0.39, 0.29) is 0 Å². The minimum absolute atomic E-state index is 0.818. The molecule has 0 aliphatic carbocycles. The summed E-state index contributed by atoms with van der Waals surface area (Å²) in [6.45, 7) is 0. The Labute approximate surface area is 258 Å². The maximum atomic E-state index is 5.88. The van der Waals surface area contributed by atoms with E-state index in [1.807, 2.05) is 36.4 Å². The van der Waals surface area contributed by atoms with Crippen molar-refractivity contribution in [2.45, 2.75) is 4.43 Å². The van der Waals surface area contributed by atoms with Crippen LogP contribution in [0.5, 0.6) is 0 Å². The van der Waals surface area contributed by atoms with Gasteiger partial charge in [0.1, 0.15) is 5.82 Å². The number of rotatable bonds is 6. The van der Waals surface area contributed by atoms with E-state index in [1.165, 1.54) is 32.8 Å². The van der Waals surface area contributed by atoms with E-state index < -0.39 is 0 Å². The van der Waals surface area contributed by atoms with Gasteiger partial charge in [-0.25, -0.2) is 9.97 Å². The van der Waals surface area contributed by atoms with Crippen molar-refractivity contribution in [1.82, 2.24) is 14.5 Å². The van der Waals surface area contributed by atoms with Gasteiger partial charge in [0.2, 0.25) is 0 Å². The Morgan fingerprint density at radius 3 is 2.10 bits per heavy atom. The molecule has 7 rings (SSSR count). The lowest BCUT2D eigenvalue weighted by Gasteiger charge is -2.11. The minimum atomic E-state index is 0.818. The molecule has 2 N–H and O–H groups in total. The standard InChI is InChI=1S/C37H27IN4/c38-24-31-30-9-3-4-13-35(30)42(36(31)21-22-39)37-14-6-12-34(41-37)33-11-5-10-32(40-33)27-18-15-26(16-19-27)29-20-17-25-7-1-2-8-28(25)23-29/h1-23H,24,39H2/b22-21-. The van der Waals surface area contributed by atoms with Gasteiger partial charge in [0.05, 0.1) is 28.3 Å². The van der Waals surface area contributed by atoms with E-state index in [0.29, 0.717) is 0 Å². The van der Waals surface area contributed by atoms with Gasteiger partial charge in [0.15, 0.2) is 0 Å². The van der Waals surface area contributed by atoms with Gasteiger partial charge in [-0.1, -0.05) is 114 Å². The fourth-order valence-corrected chi connectivity index (χ4v) is 6.41. The van der Waals surface area contributed by atoms with Crippen molar-refractivity contribution in [3.63, 3.8) is 0 Å².